The van der Waals surface area contributed by atoms with Crippen molar-refractivity contribution in [2.24, 2.45) is 4.99 Å². The van der Waals surface area contributed by atoms with Gasteiger partial charge in [0.05, 0.1) is 5.56 Å². The Balaban J connectivity index is 1.54. The predicted molar refractivity (Wildman–Crippen MR) is 123 cm³/mol. The van der Waals surface area contributed by atoms with Crippen molar-refractivity contribution in [2.45, 2.75) is 32.2 Å². The highest BCUT2D eigenvalue weighted by atomic mass is 32.1. The van der Waals surface area contributed by atoms with Gasteiger partial charge < -0.3 is 10.1 Å². The summed E-state index contributed by atoms with van der Waals surface area (Å²) in [5, 5.41) is 12.4. The van der Waals surface area contributed by atoms with Gasteiger partial charge in [-0.1, -0.05) is 30.3 Å². The third-order valence-electron chi connectivity index (χ3n) is 5.19. The molecule has 0 aliphatic heterocycles. The van der Waals surface area contributed by atoms with E-state index in [-0.39, 0.29) is 12.5 Å². The number of hydrogen-bond donors (Lipinski definition) is 1. The molecule has 5 nitrogen and oxygen atoms in total. The second-order valence-corrected chi connectivity index (χ2v) is 8.42. The Morgan fingerprint density at radius 1 is 1.13 bits per heavy atom. The zero-order valence-electron chi connectivity index (χ0n) is 17.1. The molecule has 31 heavy (non-hydrogen) atoms. The fourth-order valence-corrected chi connectivity index (χ4v) is 4.87. The smallest absolute Gasteiger partial charge is 0.254 e. The van der Waals surface area contributed by atoms with Gasteiger partial charge in [-0.2, -0.15) is 5.26 Å². The summed E-state index contributed by atoms with van der Waals surface area (Å²) in [6.45, 7) is 0.521. The largest absolute Gasteiger partial charge is 0.479 e. The van der Waals surface area contributed by atoms with Gasteiger partial charge in [0.15, 0.2) is 6.61 Å². The minimum absolute atomic E-state index is 0.0235. The van der Waals surface area contributed by atoms with Crippen LogP contribution in [0.4, 0.5) is 5.00 Å². The lowest BCUT2D eigenvalue weighted by atomic mass is 9.95. The van der Waals surface area contributed by atoms with Crippen LogP contribution in [0, 0.1) is 11.3 Å². The van der Waals surface area contributed by atoms with E-state index in [1.54, 1.807) is 17.6 Å². The molecular formula is C25H23N3O2S. The monoisotopic (exact) mass is 429 g/mol. The topological polar surface area (TPSA) is 74.5 Å². The highest BCUT2D eigenvalue weighted by molar-refractivity contribution is 7.16. The molecule has 3 aromatic rings. The van der Waals surface area contributed by atoms with Gasteiger partial charge in [-0.25, -0.2) is 4.99 Å². The number of hydrogen-bond acceptors (Lipinski definition) is 5. The normalized spacial score (nSPS) is 12.9. The number of nitrogens with one attached hydrogen (secondary N) is 1. The van der Waals surface area contributed by atoms with Gasteiger partial charge in [0.1, 0.15) is 16.8 Å². The summed E-state index contributed by atoms with van der Waals surface area (Å²) in [6.07, 6.45) is 5.99. The maximum atomic E-state index is 13.1. The minimum Gasteiger partial charge on any atom is -0.479 e. The second kappa shape index (κ2) is 10.1. The number of nitrogens with zero attached hydrogens (tertiary/aromatic N) is 2. The van der Waals surface area contributed by atoms with Gasteiger partial charge in [0.2, 0.25) is 0 Å². The first-order chi connectivity index (χ1) is 15.2. The summed E-state index contributed by atoms with van der Waals surface area (Å²) in [6, 6.07) is 19.3. The molecule has 0 atom stereocenters. The third-order valence-corrected chi connectivity index (χ3v) is 6.39. The molecule has 156 valence electrons. The summed E-state index contributed by atoms with van der Waals surface area (Å²) in [4.78, 5) is 19.1. The first-order valence-electron chi connectivity index (χ1n) is 10.3. The van der Waals surface area contributed by atoms with Crippen LogP contribution in [0.15, 0.2) is 59.6 Å². The van der Waals surface area contributed by atoms with E-state index in [1.807, 2.05) is 60.7 Å². The van der Waals surface area contributed by atoms with Crippen LogP contribution >= 0.6 is 11.3 Å². The third kappa shape index (κ3) is 5.19. The summed E-state index contributed by atoms with van der Waals surface area (Å²) < 4.78 is 5.29. The molecule has 1 aromatic heterocycles. The van der Waals surface area contributed by atoms with E-state index in [9.17, 15) is 4.79 Å². The average molecular weight is 430 g/mol. The Morgan fingerprint density at radius 2 is 1.90 bits per heavy atom. The van der Waals surface area contributed by atoms with Crippen LogP contribution in [0.25, 0.3) is 0 Å². The van der Waals surface area contributed by atoms with Crippen LogP contribution in [-0.2, 0) is 19.4 Å². The first-order valence-corrected chi connectivity index (χ1v) is 11.2. The molecule has 0 unspecified atom stereocenters. The highest BCUT2D eigenvalue weighted by Gasteiger charge is 2.25. The molecule has 1 heterocycles. The summed E-state index contributed by atoms with van der Waals surface area (Å²) >= 11 is 1.63. The van der Waals surface area contributed by atoms with E-state index in [0.717, 1.165) is 52.9 Å². The van der Waals surface area contributed by atoms with Gasteiger partial charge in [0.25, 0.3) is 5.91 Å². The Hall–Kier alpha value is -3.43. The minimum atomic E-state index is -0.0596. The Kier molecular flexibility index (Phi) is 6.75. The summed E-state index contributed by atoms with van der Waals surface area (Å²) in [7, 11) is 0. The van der Waals surface area contributed by atoms with Crippen molar-refractivity contribution in [3.8, 4) is 11.8 Å². The zero-order chi connectivity index (χ0) is 21.5. The van der Waals surface area contributed by atoms with Crippen LogP contribution in [0.2, 0.25) is 0 Å². The fourth-order valence-electron chi connectivity index (χ4n) is 3.64. The molecule has 2 aromatic carbocycles. The van der Waals surface area contributed by atoms with E-state index in [2.05, 4.69) is 10.3 Å². The zero-order valence-corrected chi connectivity index (χ0v) is 18.0. The Labute approximate surface area is 186 Å². The first kappa shape index (κ1) is 20.8. The molecular weight excluding hydrogens is 406 g/mol. The van der Waals surface area contributed by atoms with Crippen LogP contribution < -0.4 is 10.1 Å². The van der Waals surface area contributed by atoms with Gasteiger partial charge in [-0.15, -0.1) is 11.3 Å². The standard InChI is InChI=1S/C25H23N3O2S/c26-14-15-30-20-12-10-19(11-13-20)17-28-25-23(21-8-4-5-9-22(21)31-25)24(29)27-16-18-6-2-1-3-7-18/h1-3,6-7,10-13,17H,4-5,8-9,15-16H2,(H,27,29)/b28-17-. The van der Waals surface area contributed by atoms with Gasteiger partial charge in [-0.05, 0) is 66.6 Å². The average Bonchev–Trinajstić information content (AvgIpc) is 3.19. The van der Waals surface area contributed by atoms with Crippen molar-refractivity contribution in [1.29, 1.82) is 5.26 Å². The van der Waals surface area contributed by atoms with Gasteiger partial charge >= 0.3 is 0 Å². The van der Waals surface area contributed by atoms with Gasteiger partial charge in [-0.3, -0.25) is 4.79 Å². The maximum Gasteiger partial charge on any atom is 0.254 e. The predicted octanol–water partition coefficient (Wildman–Crippen LogP) is 5.21. The molecule has 1 N–H and O–H groups in total. The fraction of sp³-hybridized carbons (Fsp3) is 0.240. The van der Waals surface area contributed by atoms with Gasteiger partial charge in [0, 0.05) is 17.6 Å². The lowest BCUT2D eigenvalue weighted by molar-refractivity contribution is 0.0951. The number of benzene rings is 2. The molecule has 0 saturated carbocycles. The number of aliphatic imine (C=N–C) groups is 1. The quantitative estimate of drug-likeness (QED) is 0.524. The number of carbonyl (C=O) groups excluding carboxylic acids is 1. The summed E-state index contributed by atoms with van der Waals surface area (Å²) in [5.74, 6) is 0.585. The number of ether oxygens (including phenoxy) is 1. The number of aryl methyl sites for hydroxylation is 1. The SMILES string of the molecule is N#CCOc1ccc(/C=N\c2sc3c(c2C(=O)NCc2ccccc2)CCCC3)cc1. The number of fused-ring (bicyclic) bond motifs is 1. The molecule has 0 fully saturated rings. The molecule has 0 radical (unpaired) electrons. The Morgan fingerprint density at radius 3 is 2.68 bits per heavy atom. The van der Waals surface area contributed by atoms with E-state index >= 15 is 0 Å². The lowest BCUT2D eigenvalue weighted by Gasteiger charge is -2.12. The van der Waals surface area contributed by atoms with Crippen molar-refractivity contribution >= 4 is 28.5 Å². The number of thiophene rings is 1. The molecule has 0 bridgehead atoms. The molecule has 1 amide bonds. The van der Waals surface area contributed by atoms with Crippen LogP contribution in [0.1, 0.15) is 44.8 Å². The number of rotatable bonds is 7. The van der Waals surface area contributed by atoms with Crippen molar-refractivity contribution < 1.29 is 9.53 Å². The van der Waals surface area contributed by atoms with Crippen LogP contribution in [-0.4, -0.2) is 18.7 Å². The van der Waals surface area contributed by atoms with Crippen LogP contribution in [0.3, 0.4) is 0 Å². The number of amides is 1. The second-order valence-electron chi connectivity index (χ2n) is 7.33. The Bertz CT molecular complexity index is 1110. The summed E-state index contributed by atoms with van der Waals surface area (Å²) in [5.41, 5.74) is 3.87. The number of carbonyl (C=O) groups is 1. The van der Waals surface area contributed by atoms with Crippen molar-refractivity contribution in [2.75, 3.05) is 6.61 Å². The molecule has 0 spiro atoms. The maximum absolute atomic E-state index is 13.1. The van der Waals surface area contributed by atoms with E-state index in [0.29, 0.717) is 12.3 Å². The van der Waals surface area contributed by atoms with E-state index in [4.69, 9.17) is 10.00 Å². The van der Waals surface area contributed by atoms with Crippen molar-refractivity contribution in [3.05, 3.63) is 81.7 Å². The molecule has 0 saturated heterocycles. The van der Waals surface area contributed by atoms with Crippen LogP contribution in [0.5, 0.6) is 5.75 Å². The molecule has 1 aliphatic carbocycles. The van der Waals surface area contributed by atoms with E-state index < -0.39 is 0 Å². The highest BCUT2D eigenvalue weighted by Crippen LogP contribution is 2.39. The van der Waals surface area contributed by atoms with Crippen molar-refractivity contribution in [3.63, 3.8) is 0 Å². The van der Waals surface area contributed by atoms with Crippen molar-refractivity contribution in [1.82, 2.24) is 5.32 Å². The van der Waals surface area contributed by atoms with E-state index in [1.165, 1.54) is 4.88 Å². The molecule has 4 rings (SSSR count). The molecule has 1 aliphatic rings. The molecule has 6 heteroatoms. The lowest BCUT2D eigenvalue weighted by Crippen LogP contribution is -2.24. The number of nitriles is 1.